The van der Waals surface area contributed by atoms with Crippen LogP contribution in [0.3, 0.4) is 0 Å². The molecule has 2 heteroatoms. The molecule has 0 spiro atoms. The maximum Gasteiger partial charge on any atom is 0.114 e. The number of hydrogen-bond acceptors (Lipinski definition) is 1. The third-order valence-corrected chi connectivity index (χ3v) is 2.10. The zero-order chi connectivity index (χ0) is 6.85. The monoisotopic (exact) mass is 236 g/mol. The Labute approximate surface area is 68.6 Å². The lowest BCUT2D eigenvalue weighted by Gasteiger charge is -1.82. The van der Waals surface area contributed by atoms with E-state index in [1.54, 1.807) is 0 Å². The van der Waals surface area contributed by atoms with Gasteiger partial charge >= 0.3 is 0 Å². The van der Waals surface area contributed by atoms with Gasteiger partial charge in [0, 0.05) is 0 Å². The Morgan fingerprint density at radius 2 is 2.22 bits per heavy atom. The van der Waals surface area contributed by atoms with Crippen molar-refractivity contribution in [2.24, 2.45) is 0 Å². The highest BCUT2D eigenvalue weighted by molar-refractivity contribution is 14.1. The second-order valence-electron chi connectivity index (χ2n) is 2.09. The van der Waals surface area contributed by atoms with Gasteiger partial charge in [0.05, 0.1) is 4.43 Å². The lowest BCUT2D eigenvalue weighted by atomic mass is 10.3. The molecule has 1 rings (SSSR count). The Hall–Kier alpha value is 0.01000. The smallest absolute Gasteiger partial charge is 0.114 e. The molecule has 0 saturated heterocycles. The topological polar surface area (TPSA) is 13.1 Å². The van der Waals surface area contributed by atoms with Gasteiger partial charge < -0.3 is 4.42 Å². The van der Waals surface area contributed by atoms with Crippen LogP contribution >= 0.6 is 22.6 Å². The van der Waals surface area contributed by atoms with Crippen molar-refractivity contribution in [2.75, 3.05) is 0 Å². The van der Waals surface area contributed by atoms with Crippen molar-refractivity contribution in [3.8, 4) is 0 Å². The summed E-state index contributed by atoms with van der Waals surface area (Å²) >= 11 is 2.29. The van der Waals surface area contributed by atoms with E-state index in [0.717, 1.165) is 15.9 Å². The van der Waals surface area contributed by atoms with E-state index in [9.17, 15) is 0 Å². The minimum absolute atomic E-state index is 0.965. The van der Waals surface area contributed by atoms with Crippen molar-refractivity contribution in [1.29, 1.82) is 0 Å². The number of aryl methyl sites for hydroxylation is 2. The summed E-state index contributed by atoms with van der Waals surface area (Å²) in [4.78, 5) is 0. The van der Waals surface area contributed by atoms with E-state index in [0.29, 0.717) is 0 Å². The van der Waals surface area contributed by atoms with Crippen LogP contribution < -0.4 is 0 Å². The Balaban J connectivity index is 2.98. The Bertz CT molecular complexity index is 183. The molecule has 0 amide bonds. The molecule has 1 heterocycles. The molecule has 50 valence electrons. The van der Waals surface area contributed by atoms with Crippen LogP contribution in [-0.2, 0) is 4.43 Å². The largest absolute Gasteiger partial charge is 0.465 e. The van der Waals surface area contributed by atoms with E-state index in [4.69, 9.17) is 4.42 Å². The Morgan fingerprint density at radius 1 is 1.56 bits per heavy atom. The lowest BCUT2D eigenvalue weighted by Crippen LogP contribution is -1.63. The lowest BCUT2D eigenvalue weighted by molar-refractivity contribution is 0.501. The summed E-state index contributed by atoms with van der Waals surface area (Å²) in [6.07, 6.45) is 0. The molecule has 0 N–H and O–H groups in total. The molecule has 1 aromatic heterocycles. The SMILES string of the molecule is Cc1cc(CI)oc1C. The van der Waals surface area contributed by atoms with Gasteiger partial charge in [0.1, 0.15) is 11.5 Å². The fraction of sp³-hybridized carbons (Fsp3) is 0.429. The first-order valence-corrected chi connectivity index (χ1v) is 4.38. The molecule has 0 radical (unpaired) electrons. The van der Waals surface area contributed by atoms with Crippen molar-refractivity contribution < 1.29 is 4.42 Å². The normalized spacial score (nSPS) is 10.1. The van der Waals surface area contributed by atoms with Crippen LogP contribution in [0.25, 0.3) is 0 Å². The van der Waals surface area contributed by atoms with Gasteiger partial charge in [-0.25, -0.2) is 0 Å². The highest BCUT2D eigenvalue weighted by Gasteiger charge is 1.99. The quantitative estimate of drug-likeness (QED) is 0.539. The van der Waals surface area contributed by atoms with Crippen molar-refractivity contribution in [2.45, 2.75) is 18.3 Å². The number of furan rings is 1. The Morgan fingerprint density at radius 3 is 2.44 bits per heavy atom. The molecule has 9 heavy (non-hydrogen) atoms. The van der Waals surface area contributed by atoms with Crippen LogP contribution in [0.1, 0.15) is 17.1 Å². The third kappa shape index (κ3) is 1.47. The molecule has 0 unspecified atom stereocenters. The first-order chi connectivity index (χ1) is 4.24. The van der Waals surface area contributed by atoms with E-state index in [1.165, 1.54) is 5.56 Å². The minimum atomic E-state index is 0.965. The maximum atomic E-state index is 5.36. The summed E-state index contributed by atoms with van der Waals surface area (Å²) in [7, 11) is 0. The second kappa shape index (κ2) is 2.73. The standard InChI is InChI=1S/C7H9IO/c1-5-3-7(4-8)9-6(5)2/h3H,4H2,1-2H3. The van der Waals surface area contributed by atoms with E-state index in [1.807, 2.05) is 6.92 Å². The first-order valence-electron chi connectivity index (χ1n) is 2.86. The molecule has 0 aliphatic rings. The van der Waals surface area contributed by atoms with E-state index in [-0.39, 0.29) is 0 Å². The maximum absolute atomic E-state index is 5.36. The molecule has 0 aliphatic heterocycles. The van der Waals surface area contributed by atoms with Gasteiger partial charge in [-0.2, -0.15) is 0 Å². The van der Waals surface area contributed by atoms with E-state index >= 15 is 0 Å². The van der Waals surface area contributed by atoms with Gasteiger partial charge in [0.15, 0.2) is 0 Å². The van der Waals surface area contributed by atoms with Crippen LogP contribution in [0.2, 0.25) is 0 Å². The first kappa shape index (κ1) is 7.12. The molecule has 0 fully saturated rings. The van der Waals surface area contributed by atoms with Crippen molar-refractivity contribution in [3.63, 3.8) is 0 Å². The second-order valence-corrected chi connectivity index (χ2v) is 2.85. The molecule has 0 aliphatic carbocycles. The summed E-state index contributed by atoms with van der Waals surface area (Å²) in [5.74, 6) is 2.12. The fourth-order valence-electron chi connectivity index (χ4n) is 0.716. The number of hydrogen-bond donors (Lipinski definition) is 0. The molecule has 0 saturated carbocycles. The van der Waals surface area contributed by atoms with Crippen molar-refractivity contribution in [3.05, 3.63) is 23.2 Å². The van der Waals surface area contributed by atoms with Gasteiger partial charge in [0.25, 0.3) is 0 Å². The molecule has 1 aromatic rings. The zero-order valence-corrected chi connectivity index (χ0v) is 7.73. The van der Waals surface area contributed by atoms with Crippen LogP contribution in [-0.4, -0.2) is 0 Å². The summed E-state index contributed by atoms with van der Waals surface area (Å²) in [5.41, 5.74) is 1.25. The van der Waals surface area contributed by atoms with Crippen molar-refractivity contribution in [1.82, 2.24) is 0 Å². The average Bonchev–Trinajstić information content (AvgIpc) is 2.13. The number of rotatable bonds is 1. The molecule has 1 nitrogen and oxygen atoms in total. The van der Waals surface area contributed by atoms with Crippen LogP contribution in [0, 0.1) is 13.8 Å². The highest BCUT2D eigenvalue weighted by Crippen LogP contribution is 2.15. The van der Waals surface area contributed by atoms with Gasteiger partial charge in [-0.3, -0.25) is 0 Å². The van der Waals surface area contributed by atoms with Gasteiger partial charge in [-0.15, -0.1) is 0 Å². The molecule has 0 aromatic carbocycles. The summed E-state index contributed by atoms with van der Waals surface area (Å²) in [6.45, 7) is 4.06. The van der Waals surface area contributed by atoms with Gasteiger partial charge in [-0.1, -0.05) is 22.6 Å². The fourth-order valence-corrected chi connectivity index (χ4v) is 1.09. The average molecular weight is 236 g/mol. The number of halogens is 1. The molecular formula is C7H9IO. The predicted octanol–water partition coefficient (Wildman–Crippen LogP) is 2.83. The molecular weight excluding hydrogens is 227 g/mol. The summed E-state index contributed by atoms with van der Waals surface area (Å²) < 4.78 is 6.32. The number of alkyl halides is 1. The minimum Gasteiger partial charge on any atom is -0.465 e. The highest BCUT2D eigenvalue weighted by atomic mass is 127. The third-order valence-electron chi connectivity index (χ3n) is 1.35. The Kier molecular flexibility index (Phi) is 2.16. The zero-order valence-electron chi connectivity index (χ0n) is 5.57. The van der Waals surface area contributed by atoms with E-state index in [2.05, 4.69) is 35.6 Å². The van der Waals surface area contributed by atoms with Gasteiger partial charge in [0.2, 0.25) is 0 Å². The van der Waals surface area contributed by atoms with Crippen molar-refractivity contribution >= 4 is 22.6 Å². The molecule has 0 bridgehead atoms. The van der Waals surface area contributed by atoms with E-state index < -0.39 is 0 Å². The predicted molar refractivity (Wildman–Crippen MR) is 45.9 cm³/mol. The molecule has 0 atom stereocenters. The van der Waals surface area contributed by atoms with Crippen LogP contribution in [0.4, 0.5) is 0 Å². The van der Waals surface area contributed by atoms with Crippen LogP contribution in [0.5, 0.6) is 0 Å². The van der Waals surface area contributed by atoms with Gasteiger partial charge in [-0.05, 0) is 25.5 Å². The summed E-state index contributed by atoms with van der Waals surface area (Å²) in [5, 5.41) is 0. The van der Waals surface area contributed by atoms with Crippen LogP contribution in [0.15, 0.2) is 10.5 Å². The summed E-state index contributed by atoms with van der Waals surface area (Å²) in [6, 6.07) is 2.09.